The number of allylic oxidation sites excluding steroid dienone is 2. The van der Waals surface area contributed by atoms with Crippen LogP contribution >= 0.6 is 11.6 Å². The van der Waals surface area contributed by atoms with Crippen LogP contribution in [0.1, 0.15) is 77.6 Å². The van der Waals surface area contributed by atoms with E-state index in [2.05, 4.69) is 19.1 Å². The monoisotopic (exact) mass is 412 g/mol. The first kappa shape index (κ1) is 23.4. The summed E-state index contributed by atoms with van der Waals surface area (Å²) in [7, 11) is 0. The number of aliphatic carboxylic acids is 1. The molecular formula is C23H37ClO4. The number of carbonyl (C=O) groups is 1. The van der Waals surface area contributed by atoms with Crippen molar-refractivity contribution in [3.05, 3.63) is 24.3 Å². The average Bonchev–Trinajstić information content (AvgIpc) is 2.87. The maximum Gasteiger partial charge on any atom is 0.303 e. The second-order valence-electron chi connectivity index (χ2n) is 8.70. The zero-order valence-electron chi connectivity index (χ0n) is 17.1. The third kappa shape index (κ3) is 6.33. The molecule has 5 heteroatoms. The standard InChI is InChI=1S/C23H37ClO4/c1-2-13-23(14-8-15-23)21(26)11-7-10-18-17(19(24)16-20(18)25)9-5-3-4-6-12-22(27)28/h3,5,7,10,17-21,25-26H,2,4,6,8-9,11-16H2,1H3,(H,27,28)/b5-3-,10-7+/t17-,18-,19-,20-,21?/m1/s1. The molecule has 2 saturated carbocycles. The predicted octanol–water partition coefficient (Wildman–Crippen LogP) is 5.07. The molecule has 2 fully saturated rings. The van der Waals surface area contributed by atoms with Crippen LogP contribution < -0.4 is 0 Å². The number of hydrogen-bond acceptors (Lipinski definition) is 3. The van der Waals surface area contributed by atoms with Crippen molar-refractivity contribution in [2.45, 2.75) is 95.1 Å². The lowest BCUT2D eigenvalue weighted by atomic mass is 9.62. The SMILES string of the molecule is CCCC1(C(O)C/C=C/[C@@H]2[C@@H](C/C=C\CCCC(=O)O)[C@H](Cl)C[C@H]2O)CCC1. The Hall–Kier alpha value is -0.840. The highest BCUT2D eigenvalue weighted by molar-refractivity contribution is 6.21. The minimum absolute atomic E-state index is 0.0156. The number of carboxylic acid groups (broad SMARTS) is 1. The largest absolute Gasteiger partial charge is 0.481 e. The molecule has 2 aliphatic rings. The molecule has 0 heterocycles. The molecule has 5 atom stereocenters. The third-order valence-electron chi connectivity index (χ3n) is 6.73. The van der Waals surface area contributed by atoms with Crippen LogP contribution in [0.5, 0.6) is 0 Å². The summed E-state index contributed by atoms with van der Waals surface area (Å²) in [5.74, 6) is -0.570. The summed E-state index contributed by atoms with van der Waals surface area (Å²) >= 11 is 6.48. The molecule has 0 spiro atoms. The molecule has 160 valence electrons. The Morgan fingerprint density at radius 2 is 2.04 bits per heavy atom. The van der Waals surface area contributed by atoms with Gasteiger partial charge in [0.2, 0.25) is 0 Å². The molecule has 0 aromatic rings. The first-order valence-corrected chi connectivity index (χ1v) is 11.4. The molecular weight excluding hydrogens is 376 g/mol. The van der Waals surface area contributed by atoms with Crippen LogP contribution in [0, 0.1) is 17.3 Å². The van der Waals surface area contributed by atoms with Gasteiger partial charge in [0.25, 0.3) is 0 Å². The van der Waals surface area contributed by atoms with Crippen LogP contribution in [0.2, 0.25) is 0 Å². The molecule has 1 unspecified atom stereocenters. The maximum atomic E-state index is 10.7. The van der Waals surface area contributed by atoms with Crippen LogP contribution in [0.15, 0.2) is 24.3 Å². The van der Waals surface area contributed by atoms with Crippen molar-refractivity contribution in [1.29, 1.82) is 0 Å². The lowest BCUT2D eigenvalue weighted by molar-refractivity contribution is -0.137. The van der Waals surface area contributed by atoms with Gasteiger partial charge in [0.1, 0.15) is 0 Å². The van der Waals surface area contributed by atoms with Crippen molar-refractivity contribution < 1.29 is 20.1 Å². The summed E-state index contributed by atoms with van der Waals surface area (Å²) in [5, 5.41) is 29.7. The minimum Gasteiger partial charge on any atom is -0.481 e. The predicted molar refractivity (Wildman–Crippen MR) is 113 cm³/mol. The molecule has 0 aliphatic heterocycles. The van der Waals surface area contributed by atoms with E-state index < -0.39 is 12.1 Å². The first-order valence-electron chi connectivity index (χ1n) is 10.9. The van der Waals surface area contributed by atoms with E-state index in [0.29, 0.717) is 19.3 Å². The number of rotatable bonds is 12. The Kier molecular flexibility index (Phi) is 9.52. The lowest BCUT2D eigenvalue weighted by Crippen LogP contribution is -2.41. The van der Waals surface area contributed by atoms with Crippen molar-refractivity contribution in [2.75, 3.05) is 0 Å². The molecule has 4 nitrogen and oxygen atoms in total. The normalized spacial score (nSPS) is 30.7. The Morgan fingerprint density at radius 1 is 1.29 bits per heavy atom. The van der Waals surface area contributed by atoms with Gasteiger partial charge < -0.3 is 15.3 Å². The molecule has 0 saturated heterocycles. The average molecular weight is 413 g/mol. The van der Waals surface area contributed by atoms with Crippen LogP contribution in [0.25, 0.3) is 0 Å². The van der Waals surface area contributed by atoms with Crippen LogP contribution in [-0.2, 0) is 4.79 Å². The van der Waals surface area contributed by atoms with E-state index >= 15 is 0 Å². The smallest absolute Gasteiger partial charge is 0.303 e. The Morgan fingerprint density at radius 3 is 2.64 bits per heavy atom. The van der Waals surface area contributed by atoms with Gasteiger partial charge >= 0.3 is 5.97 Å². The molecule has 0 amide bonds. The quantitative estimate of drug-likeness (QED) is 0.237. The third-order valence-corrected chi connectivity index (χ3v) is 7.23. The van der Waals surface area contributed by atoms with Crippen molar-refractivity contribution in [3.63, 3.8) is 0 Å². The molecule has 2 rings (SSSR count). The van der Waals surface area contributed by atoms with E-state index in [1.54, 1.807) is 0 Å². The van der Waals surface area contributed by atoms with Crippen LogP contribution in [0.3, 0.4) is 0 Å². The first-order chi connectivity index (χ1) is 13.4. The highest BCUT2D eigenvalue weighted by Crippen LogP contribution is 2.48. The highest BCUT2D eigenvalue weighted by atomic mass is 35.5. The lowest BCUT2D eigenvalue weighted by Gasteiger charge is -2.45. The zero-order valence-corrected chi connectivity index (χ0v) is 17.9. The maximum absolute atomic E-state index is 10.7. The summed E-state index contributed by atoms with van der Waals surface area (Å²) in [6.45, 7) is 2.18. The Balaban J connectivity index is 1.84. The topological polar surface area (TPSA) is 77.8 Å². The second kappa shape index (κ2) is 11.4. The van der Waals surface area contributed by atoms with Gasteiger partial charge in [-0.15, -0.1) is 11.6 Å². The van der Waals surface area contributed by atoms with Crippen LogP contribution in [-0.4, -0.2) is 38.9 Å². The fourth-order valence-electron chi connectivity index (χ4n) is 4.90. The van der Waals surface area contributed by atoms with Gasteiger partial charge in [-0.25, -0.2) is 0 Å². The molecule has 0 aromatic carbocycles. The molecule has 28 heavy (non-hydrogen) atoms. The van der Waals surface area contributed by atoms with E-state index in [1.165, 1.54) is 6.42 Å². The molecule has 0 bridgehead atoms. The van der Waals surface area contributed by atoms with Crippen molar-refractivity contribution in [2.24, 2.45) is 17.3 Å². The zero-order chi connectivity index (χ0) is 20.6. The summed E-state index contributed by atoms with van der Waals surface area (Å²) in [4.78, 5) is 10.5. The Bertz CT molecular complexity index is 541. The van der Waals surface area contributed by atoms with Gasteiger partial charge in [-0.3, -0.25) is 4.79 Å². The van der Waals surface area contributed by atoms with Crippen molar-refractivity contribution in [3.8, 4) is 0 Å². The van der Waals surface area contributed by atoms with Gasteiger partial charge in [0.15, 0.2) is 0 Å². The number of unbranched alkanes of at least 4 members (excludes halogenated alkanes) is 1. The number of hydrogen-bond donors (Lipinski definition) is 3. The summed E-state index contributed by atoms with van der Waals surface area (Å²) in [5.41, 5.74) is 0.112. The van der Waals surface area contributed by atoms with Gasteiger partial charge in [-0.1, -0.05) is 44.1 Å². The van der Waals surface area contributed by atoms with Crippen molar-refractivity contribution >= 4 is 17.6 Å². The molecule has 3 N–H and O–H groups in total. The van der Waals surface area contributed by atoms with Crippen molar-refractivity contribution in [1.82, 2.24) is 0 Å². The number of carboxylic acids is 1. The molecule has 2 aliphatic carbocycles. The fraction of sp³-hybridized carbons (Fsp3) is 0.783. The number of halogens is 1. The van der Waals surface area contributed by atoms with E-state index in [0.717, 1.165) is 38.5 Å². The van der Waals surface area contributed by atoms with Gasteiger partial charge in [0.05, 0.1) is 12.2 Å². The van der Waals surface area contributed by atoms with E-state index in [9.17, 15) is 15.0 Å². The minimum atomic E-state index is -0.761. The van der Waals surface area contributed by atoms with Crippen LogP contribution in [0.4, 0.5) is 0 Å². The number of alkyl halides is 1. The Labute approximate surface area is 174 Å². The van der Waals surface area contributed by atoms with E-state index in [1.807, 2.05) is 12.2 Å². The number of aliphatic hydroxyl groups excluding tert-OH is 2. The summed E-state index contributed by atoms with van der Waals surface area (Å²) in [6.07, 6.45) is 16.8. The highest BCUT2D eigenvalue weighted by Gasteiger charge is 2.42. The van der Waals surface area contributed by atoms with E-state index in [4.69, 9.17) is 16.7 Å². The fourth-order valence-corrected chi connectivity index (χ4v) is 5.35. The van der Waals surface area contributed by atoms with Gasteiger partial charge in [-0.05, 0) is 62.7 Å². The summed E-state index contributed by atoms with van der Waals surface area (Å²) < 4.78 is 0. The molecule has 0 aromatic heterocycles. The van der Waals surface area contributed by atoms with E-state index in [-0.39, 0.29) is 35.2 Å². The van der Waals surface area contributed by atoms with Gasteiger partial charge in [0, 0.05) is 17.7 Å². The summed E-state index contributed by atoms with van der Waals surface area (Å²) in [6, 6.07) is 0. The number of aliphatic hydroxyl groups is 2. The van der Waals surface area contributed by atoms with Gasteiger partial charge in [-0.2, -0.15) is 0 Å². The molecule has 0 radical (unpaired) electrons. The second-order valence-corrected chi connectivity index (χ2v) is 9.26.